The molecular weight excluding hydrogens is 318 g/mol. The van der Waals surface area contributed by atoms with E-state index in [4.69, 9.17) is 16.3 Å². The van der Waals surface area contributed by atoms with Gasteiger partial charge < -0.3 is 19.5 Å². The maximum absolute atomic E-state index is 12.6. The van der Waals surface area contributed by atoms with E-state index in [1.165, 1.54) is 0 Å². The van der Waals surface area contributed by atoms with Gasteiger partial charge in [-0.05, 0) is 19.1 Å². The van der Waals surface area contributed by atoms with E-state index in [0.717, 1.165) is 10.9 Å². The van der Waals surface area contributed by atoms with Crippen LogP contribution in [0.4, 0.5) is 4.79 Å². The third-order valence-corrected chi connectivity index (χ3v) is 4.24. The van der Waals surface area contributed by atoms with Crippen LogP contribution in [0.1, 0.15) is 17.4 Å². The zero-order chi connectivity index (χ0) is 16.4. The smallest absolute Gasteiger partial charge is 0.409 e. The number of ether oxygens (including phenoxy) is 1. The summed E-state index contributed by atoms with van der Waals surface area (Å²) in [6.45, 7) is 4.06. The first-order valence-electron chi connectivity index (χ1n) is 7.58. The molecule has 1 saturated heterocycles. The molecule has 2 amide bonds. The van der Waals surface area contributed by atoms with E-state index in [0.29, 0.717) is 43.5 Å². The predicted octanol–water partition coefficient (Wildman–Crippen LogP) is 2.74. The number of amides is 2. The van der Waals surface area contributed by atoms with Crippen LogP contribution in [-0.2, 0) is 4.74 Å². The molecule has 122 valence electrons. The Hall–Kier alpha value is -2.21. The van der Waals surface area contributed by atoms with Crippen molar-refractivity contribution in [3.8, 4) is 0 Å². The fourth-order valence-corrected chi connectivity index (χ4v) is 2.94. The highest BCUT2D eigenvalue weighted by atomic mass is 35.5. The molecule has 1 fully saturated rings. The fraction of sp³-hybridized carbons (Fsp3) is 0.375. The van der Waals surface area contributed by atoms with Crippen LogP contribution < -0.4 is 0 Å². The van der Waals surface area contributed by atoms with Crippen LogP contribution in [0.2, 0.25) is 5.02 Å². The van der Waals surface area contributed by atoms with Crippen molar-refractivity contribution in [2.45, 2.75) is 6.92 Å². The number of halogens is 1. The molecule has 0 radical (unpaired) electrons. The third kappa shape index (κ3) is 3.12. The average Bonchev–Trinajstić information content (AvgIpc) is 3.00. The average molecular weight is 336 g/mol. The second-order valence-corrected chi connectivity index (χ2v) is 5.77. The minimum absolute atomic E-state index is 0.0826. The molecule has 0 bridgehead atoms. The molecule has 1 aliphatic heterocycles. The molecule has 2 heterocycles. The van der Waals surface area contributed by atoms with E-state index in [9.17, 15) is 9.59 Å². The predicted molar refractivity (Wildman–Crippen MR) is 87.8 cm³/mol. The molecule has 3 rings (SSSR count). The molecule has 2 aromatic rings. The zero-order valence-corrected chi connectivity index (χ0v) is 13.6. The first kappa shape index (κ1) is 15.7. The molecule has 1 N–H and O–H groups in total. The Morgan fingerprint density at radius 3 is 2.57 bits per heavy atom. The largest absolute Gasteiger partial charge is 0.450 e. The summed E-state index contributed by atoms with van der Waals surface area (Å²) < 4.78 is 4.98. The lowest BCUT2D eigenvalue weighted by Crippen LogP contribution is -2.50. The number of piperazine rings is 1. The van der Waals surface area contributed by atoms with E-state index in [1.807, 2.05) is 12.1 Å². The van der Waals surface area contributed by atoms with Crippen LogP contribution in [0.3, 0.4) is 0 Å². The number of nitrogens with zero attached hydrogens (tertiary/aromatic N) is 2. The first-order chi connectivity index (χ1) is 11.1. The number of para-hydroxylation sites is 1. The Kier molecular flexibility index (Phi) is 4.43. The normalized spacial score (nSPS) is 15.0. The summed E-state index contributed by atoms with van der Waals surface area (Å²) in [5, 5.41) is 1.50. The number of carbonyl (C=O) groups is 2. The molecular formula is C16H18ClN3O3. The Morgan fingerprint density at radius 2 is 1.91 bits per heavy atom. The number of aromatic amines is 1. The van der Waals surface area contributed by atoms with Crippen LogP contribution in [0.15, 0.2) is 24.3 Å². The zero-order valence-electron chi connectivity index (χ0n) is 12.8. The summed E-state index contributed by atoms with van der Waals surface area (Å²) in [5.74, 6) is -0.0826. The summed E-state index contributed by atoms with van der Waals surface area (Å²) in [6.07, 6.45) is -0.322. The van der Waals surface area contributed by atoms with Gasteiger partial charge in [0.05, 0.1) is 17.1 Å². The second-order valence-electron chi connectivity index (χ2n) is 5.37. The summed E-state index contributed by atoms with van der Waals surface area (Å²) in [4.78, 5) is 30.7. The maximum atomic E-state index is 12.6. The van der Waals surface area contributed by atoms with Gasteiger partial charge in [0.25, 0.3) is 5.91 Å². The molecule has 7 heteroatoms. The number of fused-ring (bicyclic) bond motifs is 1. The van der Waals surface area contributed by atoms with E-state index in [1.54, 1.807) is 28.9 Å². The van der Waals surface area contributed by atoms with E-state index in [2.05, 4.69) is 4.98 Å². The number of H-pyrrole nitrogens is 1. The number of carbonyl (C=O) groups excluding carboxylic acids is 2. The summed E-state index contributed by atoms with van der Waals surface area (Å²) in [5.41, 5.74) is 1.28. The third-order valence-electron chi connectivity index (χ3n) is 3.93. The molecule has 0 spiro atoms. The van der Waals surface area contributed by atoms with Gasteiger partial charge >= 0.3 is 6.09 Å². The highest BCUT2D eigenvalue weighted by molar-refractivity contribution is 6.35. The Bertz CT molecular complexity index is 735. The van der Waals surface area contributed by atoms with Crippen molar-refractivity contribution in [3.05, 3.63) is 35.0 Å². The van der Waals surface area contributed by atoms with Gasteiger partial charge in [0, 0.05) is 31.6 Å². The van der Waals surface area contributed by atoms with E-state index in [-0.39, 0.29) is 12.0 Å². The minimum Gasteiger partial charge on any atom is -0.450 e. The van der Waals surface area contributed by atoms with E-state index >= 15 is 0 Å². The van der Waals surface area contributed by atoms with Crippen molar-refractivity contribution in [2.75, 3.05) is 32.8 Å². The number of rotatable bonds is 2. The van der Waals surface area contributed by atoms with Crippen LogP contribution in [0.25, 0.3) is 10.9 Å². The Morgan fingerprint density at radius 1 is 1.22 bits per heavy atom. The van der Waals surface area contributed by atoms with Crippen molar-refractivity contribution in [3.63, 3.8) is 0 Å². The van der Waals surface area contributed by atoms with Crippen molar-refractivity contribution < 1.29 is 14.3 Å². The summed E-state index contributed by atoms with van der Waals surface area (Å²) in [6, 6.07) is 7.35. The van der Waals surface area contributed by atoms with Gasteiger partial charge in [-0.15, -0.1) is 0 Å². The Labute approximate surface area is 138 Å². The number of benzene rings is 1. The monoisotopic (exact) mass is 335 g/mol. The van der Waals surface area contributed by atoms with Crippen LogP contribution >= 0.6 is 11.6 Å². The number of hydrogen-bond acceptors (Lipinski definition) is 3. The Balaban J connectivity index is 1.69. The molecule has 1 aliphatic rings. The van der Waals surface area contributed by atoms with Gasteiger partial charge in [-0.2, -0.15) is 0 Å². The van der Waals surface area contributed by atoms with Gasteiger partial charge in [0.2, 0.25) is 0 Å². The van der Waals surface area contributed by atoms with Crippen molar-refractivity contribution in [1.29, 1.82) is 0 Å². The van der Waals surface area contributed by atoms with Gasteiger partial charge in [-0.25, -0.2) is 4.79 Å². The maximum Gasteiger partial charge on any atom is 0.409 e. The molecule has 1 aromatic heterocycles. The standard InChI is InChI=1S/C16H18ClN3O3/c1-2-23-16(22)20-8-6-19(7-9-20)15(21)13-10-11-4-3-5-12(17)14(11)18-13/h3-5,10,18H,2,6-9H2,1H3. The molecule has 0 saturated carbocycles. The number of aromatic nitrogens is 1. The van der Waals surface area contributed by atoms with Crippen molar-refractivity contribution in [2.24, 2.45) is 0 Å². The lowest BCUT2D eigenvalue weighted by molar-refractivity contribution is 0.0566. The first-order valence-corrected chi connectivity index (χ1v) is 7.96. The quantitative estimate of drug-likeness (QED) is 0.917. The van der Waals surface area contributed by atoms with Crippen molar-refractivity contribution in [1.82, 2.24) is 14.8 Å². The van der Waals surface area contributed by atoms with Crippen molar-refractivity contribution >= 4 is 34.5 Å². The SMILES string of the molecule is CCOC(=O)N1CCN(C(=O)c2cc3cccc(Cl)c3[nH]2)CC1. The molecule has 0 unspecified atom stereocenters. The number of nitrogens with one attached hydrogen (secondary N) is 1. The number of hydrogen-bond donors (Lipinski definition) is 1. The van der Waals surface area contributed by atoms with E-state index < -0.39 is 0 Å². The lowest BCUT2D eigenvalue weighted by atomic mass is 10.2. The van der Waals surface area contributed by atoms with Gasteiger partial charge in [0.1, 0.15) is 5.69 Å². The molecule has 1 aromatic carbocycles. The molecule has 6 nitrogen and oxygen atoms in total. The summed E-state index contributed by atoms with van der Waals surface area (Å²) in [7, 11) is 0. The fourth-order valence-electron chi connectivity index (χ4n) is 2.71. The molecule has 23 heavy (non-hydrogen) atoms. The van der Waals surface area contributed by atoms with Crippen LogP contribution in [0, 0.1) is 0 Å². The summed E-state index contributed by atoms with van der Waals surface area (Å²) >= 11 is 6.13. The highest BCUT2D eigenvalue weighted by Gasteiger charge is 2.26. The van der Waals surface area contributed by atoms with Gasteiger partial charge in [0.15, 0.2) is 0 Å². The second kappa shape index (κ2) is 6.50. The van der Waals surface area contributed by atoms with Crippen LogP contribution in [0.5, 0.6) is 0 Å². The minimum atomic E-state index is -0.322. The highest BCUT2D eigenvalue weighted by Crippen LogP contribution is 2.24. The molecule has 0 aliphatic carbocycles. The van der Waals surface area contributed by atoms with Gasteiger partial charge in [-0.3, -0.25) is 4.79 Å². The lowest BCUT2D eigenvalue weighted by Gasteiger charge is -2.33. The topological polar surface area (TPSA) is 65.6 Å². The van der Waals surface area contributed by atoms with Gasteiger partial charge in [-0.1, -0.05) is 23.7 Å². The molecule has 0 atom stereocenters. The van der Waals surface area contributed by atoms with Crippen LogP contribution in [-0.4, -0.2) is 59.6 Å².